The SMILES string of the molecule is OCCNc1nc(NCCO)nc(Nc2ccc(C3=NN(c4cc(Cl)cc(Cl)c4)C(c4ccccc4)C3)cc2)n1. The van der Waals surface area contributed by atoms with Gasteiger partial charge in [0.15, 0.2) is 0 Å². The smallest absolute Gasteiger partial charge is 0.233 e. The van der Waals surface area contributed by atoms with Crippen molar-refractivity contribution in [3.63, 3.8) is 0 Å². The molecule has 0 saturated carbocycles. The molecule has 1 unspecified atom stereocenters. The number of aliphatic hydroxyl groups excluding tert-OH is 2. The number of nitrogens with zero attached hydrogens (tertiary/aromatic N) is 5. The maximum Gasteiger partial charge on any atom is 0.233 e. The average molecular weight is 579 g/mol. The summed E-state index contributed by atoms with van der Waals surface area (Å²) in [6, 6.07) is 23.5. The molecule has 0 spiro atoms. The maximum atomic E-state index is 9.12. The first kappa shape index (κ1) is 27.6. The van der Waals surface area contributed by atoms with Crippen molar-refractivity contribution >= 4 is 58.1 Å². The fourth-order valence-electron chi connectivity index (χ4n) is 4.33. The van der Waals surface area contributed by atoms with E-state index in [1.165, 1.54) is 0 Å². The van der Waals surface area contributed by atoms with Gasteiger partial charge in [-0.05, 0) is 41.5 Å². The number of hydrogen-bond donors (Lipinski definition) is 5. The number of halogens is 2. The Balaban J connectivity index is 1.38. The molecular weight excluding hydrogens is 551 g/mol. The third kappa shape index (κ3) is 6.78. The van der Waals surface area contributed by atoms with Gasteiger partial charge in [0, 0.05) is 35.2 Å². The van der Waals surface area contributed by atoms with Gasteiger partial charge in [0.2, 0.25) is 17.8 Å². The number of nitrogens with one attached hydrogen (secondary N) is 3. The molecule has 2 heterocycles. The number of aliphatic hydroxyl groups is 2. The van der Waals surface area contributed by atoms with Crippen LogP contribution in [0, 0.1) is 0 Å². The quantitative estimate of drug-likeness (QED) is 0.165. The van der Waals surface area contributed by atoms with Crippen LogP contribution >= 0.6 is 23.2 Å². The Morgan fingerprint density at radius 2 is 1.38 bits per heavy atom. The highest BCUT2D eigenvalue weighted by Gasteiger charge is 2.30. The zero-order valence-corrected chi connectivity index (χ0v) is 22.9. The Morgan fingerprint density at radius 1 is 0.775 bits per heavy atom. The average Bonchev–Trinajstić information content (AvgIpc) is 3.41. The van der Waals surface area contributed by atoms with Crippen molar-refractivity contribution in [2.45, 2.75) is 12.5 Å². The van der Waals surface area contributed by atoms with E-state index in [-0.39, 0.29) is 19.3 Å². The Morgan fingerprint density at radius 3 is 1.98 bits per heavy atom. The lowest BCUT2D eigenvalue weighted by Gasteiger charge is -2.24. The van der Waals surface area contributed by atoms with Crippen LogP contribution in [0.1, 0.15) is 23.6 Å². The minimum absolute atomic E-state index is 0.0107. The zero-order chi connectivity index (χ0) is 27.9. The van der Waals surface area contributed by atoms with Gasteiger partial charge < -0.3 is 26.2 Å². The summed E-state index contributed by atoms with van der Waals surface area (Å²) < 4.78 is 0. The normalized spacial score (nSPS) is 14.7. The number of benzene rings is 3. The van der Waals surface area contributed by atoms with E-state index < -0.39 is 0 Å². The molecular formula is C28H28Cl2N8O2. The second-order valence-corrected chi connectivity index (χ2v) is 9.83. The molecule has 1 aromatic heterocycles. The summed E-state index contributed by atoms with van der Waals surface area (Å²) in [5.74, 6) is 0.921. The van der Waals surface area contributed by atoms with Crippen LogP contribution in [-0.4, -0.2) is 57.2 Å². The van der Waals surface area contributed by atoms with Gasteiger partial charge in [-0.15, -0.1) is 0 Å². The lowest BCUT2D eigenvalue weighted by Crippen LogP contribution is -2.18. The molecule has 0 aliphatic carbocycles. The Kier molecular flexibility index (Phi) is 8.92. The first-order valence-corrected chi connectivity index (χ1v) is 13.5. The number of aromatic nitrogens is 3. The molecule has 206 valence electrons. The molecule has 12 heteroatoms. The van der Waals surface area contributed by atoms with Crippen LogP contribution < -0.4 is 21.0 Å². The molecule has 40 heavy (non-hydrogen) atoms. The molecule has 0 fully saturated rings. The van der Waals surface area contributed by atoms with E-state index in [1.54, 1.807) is 6.07 Å². The highest BCUT2D eigenvalue weighted by molar-refractivity contribution is 6.35. The maximum absolute atomic E-state index is 9.12. The first-order valence-electron chi connectivity index (χ1n) is 12.7. The highest BCUT2D eigenvalue weighted by atomic mass is 35.5. The Bertz CT molecular complexity index is 1420. The van der Waals surface area contributed by atoms with Crippen molar-refractivity contribution in [1.82, 2.24) is 15.0 Å². The zero-order valence-electron chi connectivity index (χ0n) is 21.4. The molecule has 1 aliphatic heterocycles. The fraction of sp³-hybridized carbons (Fsp3) is 0.214. The van der Waals surface area contributed by atoms with Gasteiger partial charge in [0.1, 0.15) is 0 Å². The molecule has 0 radical (unpaired) electrons. The van der Waals surface area contributed by atoms with Crippen LogP contribution in [-0.2, 0) is 0 Å². The second-order valence-electron chi connectivity index (χ2n) is 8.96. The lowest BCUT2D eigenvalue weighted by atomic mass is 9.98. The van der Waals surface area contributed by atoms with Crippen LogP contribution in [0.3, 0.4) is 0 Å². The predicted octanol–water partition coefficient (Wildman–Crippen LogP) is 5.09. The Labute approximate surface area is 241 Å². The number of hydrazone groups is 1. The minimum Gasteiger partial charge on any atom is -0.395 e. The topological polar surface area (TPSA) is 131 Å². The predicted molar refractivity (Wildman–Crippen MR) is 160 cm³/mol. The van der Waals surface area contributed by atoms with E-state index in [9.17, 15) is 0 Å². The molecule has 4 aromatic rings. The fourth-order valence-corrected chi connectivity index (χ4v) is 4.84. The van der Waals surface area contributed by atoms with Gasteiger partial charge in [0.05, 0.1) is 30.7 Å². The van der Waals surface area contributed by atoms with Crippen molar-refractivity contribution in [2.24, 2.45) is 5.10 Å². The molecule has 0 amide bonds. The summed E-state index contributed by atoms with van der Waals surface area (Å²) in [6.07, 6.45) is 0.703. The van der Waals surface area contributed by atoms with Crippen LogP contribution in [0.5, 0.6) is 0 Å². The van der Waals surface area contributed by atoms with Gasteiger partial charge in [-0.2, -0.15) is 20.1 Å². The van der Waals surface area contributed by atoms with Crippen molar-refractivity contribution in [2.75, 3.05) is 47.3 Å². The highest BCUT2D eigenvalue weighted by Crippen LogP contribution is 2.38. The third-order valence-corrected chi connectivity index (χ3v) is 6.54. The summed E-state index contributed by atoms with van der Waals surface area (Å²) in [5.41, 5.74) is 4.65. The minimum atomic E-state index is -0.0634. The van der Waals surface area contributed by atoms with Gasteiger partial charge in [-0.3, -0.25) is 5.01 Å². The molecule has 10 nitrogen and oxygen atoms in total. The second kappa shape index (κ2) is 12.9. The summed E-state index contributed by atoms with van der Waals surface area (Å²) in [4.78, 5) is 13.0. The third-order valence-electron chi connectivity index (χ3n) is 6.11. The number of hydrogen-bond acceptors (Lipinski definition) is 10. The van der Waals surface area contributed by atoms with E-state index in [0.717, 1.165) is 28.2 Å². The van der Waals surface area contributed by atoms with Gasteiger partial charge in [-0.1, -0.05) is 65.7 Å². The summed E-state index contributed by atoms with van der Waals surface area (Å²) >= 11 is 12.6. The van der Waals surface area contributed by atoms with Crippen LogP contribution in [0.4, 0.5) is 29.2 Å². The largest absolute Gasteiger partial charge is 0.395 e. The molecule has 5 rings (SSSR count). The van der Waals surface area contributed by atoms with E-state index in [4.69, 9.17) is 38.5 Å². The number of anilines is 5. The van der Waals surface area contributed by atoms with Crippen LogP contribution in [0.25, 0.3) is 0 Å². The van der Waals surface area contributed by atoms with E-state index >= 15 is 0 Å². The van der Waals surface area contributed by atoms with E-state index in [0.29, 0.717) is 47.4 Å². The van der Waals surface area contributed by atoms with E-state index in [2.05, 4.69) is 43.0 Å². The van der Waals surface area contributed by atoms with Crippen LogP contribution in [0.2, 0.25) is 10.0 Å². The van der Waals surface area contributed by atoms with Gasteiger partial charge >= 0.3 is 0 Å². The van der Waals surface area contributed by atoms with Crippen LogP contribution in [0.15, 0.2) is 77.9 Å². The van der Waals surface area contributed by atoms with Crippen molar-refractivity contribution < 1.29 is 10.2 Å². The first-order chi connectivity index (χ1) is 19.5. The molecule has 0 bridgehead atoms. The molecule has 1 atom stereocenters. The molecule has 5 N–H and O–H groups in total. The van der Waals surface area contributed by atoms with Gasteiger partial charge in [-0.25, -0.2) is 0 Å². The van der Waals surface area contributed by atoms with Crippen molar-refractivity contribution in [1.29, 1.82) is 0 Å². The summed E-state index contributed by atoms with van der Waals surface area (Å²) in [5, 5.41) is 35.4. The molecule has 1 aliphatic rings. The van der Waals surface area contributed by atoms with Crippen molar-refractivity contribution in [3.05, 3.63) is 94.0 Å². The summed E-state index contributed by atoms with van der Waals surface area (Å²) in [6.45, 7) is 0.461. The van der Waals surface area contributed by atoms with Crippen molar-refractivity contribution in [3.8, 4) is 0 Å². The standard InChI is InChI=1S/C28H28Cl2N8O2/c29-20-14-21(30)16-23(15-20)38-25(19-4-2-1-3-5-19)17-24(37-38)18-6-8-22(9-7-18)33-28-35-26(31-10-12-39)34-27(36-28)32-11-13-40/h1-9,14-16,25,39-40H,10-13,17H2,(H3,31,32,33,34,35,36). The molecule has 3 aromatic carbocycles. The molecule has 0 saturated heterocycles. The summed E-state index contributed by atoms with van der Waals surface area (Å²) in [7, 11) is 0. The monoisotopic (exact) mass is 578 g/mol. The van der Waals surface area contributed by atoms with Gasteiger partial charge in [0.25, 0.3) is 0 Å². The number of rotatable bonds is 11. The Hall–Kier alpha value is -3.96. The van der Waals surface area contributed by atoms with E-state index in [1.807, 2.05) is 59.6 Å². The lowest BCUT2D eigenvalue weighted by molar-refractivity contribution is 0.310.